The summed E-state index contributed by atoms with van der Waals surface area (Å²) in [6.45, 7) is 2.74. The largest absolute Gasteiger partial charge is 0.355 e. The van der Waals surface area contributed by atoms with E-state index in [0.717, 1.165) is 40.5 Å². The van der Waals surface area contributed by atoms with Crippen molar-refractivity contribution in [3.05, 3.63) is 66.1 Å². The second kappa shape index (κ2) is 6.05. The van der Waals surface area contributed by atoms with Crippen molar-refractivity contribution in [1.29, 1.82) is 0 Å². The molecule has 0 aliphatic rings. The second-order valence-corrected chi connectivity index (χ2v) is 6.30. The highest BCUT2D eigenvalue weighted by Crippen LogP contribution is 2.25. The quantitative estimate of drug-likeness (QED) is 0.576. The lowest BCUT2D eigenvalue weighted by Crippen LogP contribution is -2.20. The second-order valence-electron chi connectivity index (χ2n) is 6.30. The van der Waals surface area contributed by atoms with Gasteiger partial charge in [-0.25, -0.2) is 4.98 Å². The minimum absolute atomic E-state index is 0.750. The zero-order chi connectivity index (χ0) is 17.4. The summed E-state index contributed by atoms with van der Waals surface area (Å²) in [5.41, 5.74) is 5.00. The van der Waals surface area contributed by atoms with E-state index < -0.39 is 0 Å². The Morgan fingerprint density at radius 2 is 1.92 bits per heavy atom. The van der Waals surface area contributed by atoms with Gasteiger partial charge in [-0.15, -0.1) is 0 Å². The number of benzene rings is 1. The standard InChI is InChI=1S/C19H20N6/c1-14-9-18-21-17(16-7-5-4-6-8-16)10-19(25(18)22-14)23(2)12-15-11-20-24(3)13-15/h4-11,13H,12H2,1-3H3. The lowest BCUT2D eigenvalue weighted by Gasteiger charge is -2.20. The molecule has 0 fully saturated rings. The smallest absolute Gasteiger partial charge is 0.158 e. The van der Waals surface area contributed by atoms with E-state index in [0.29, 0.717) is 0 Å². The molecule has 0 amide bonds. The van der Waals surface area contributed by atoms with Gasteiger partial charge in [-0.3, -0.25) is 4.68 Å². The monoisotopic (exact) mass is 332 g/mol. The van der Waals surface area contributed by atoms with Crippen LogP contribution in [0.15, 0.2) is 54.9 Å². The Balaban J connectivity index is 1.80. The molecule has 25 heavy (non-hydrogen) atoms. The average molecular weight is 332 g/mol. The Morgan fingerprint density at radius 1 is 1.12 bits per heavy atom. The summed E-state index contributed by atoms with van der Waals surface area (Å²) in [7, 11) is 3.99. The molecule has 6 nitrogen and oxygen atoms in total. The van der Waals surface area contributed by atoms with E-state index in [1.807, 2.05) is 59.8 Å². The lowest BCUT2D eigenvalue weighted by molar-refractivity contribution is 0.765. The van der Waals surface area contributed by atoms with Crippen LogP contribution in [0.5, 0.6) is 0 Å². The van der Waals surface area contributed by atoms with E-state index in [1.54, 1.807) is 0 Å². The molecule has 3 aromatic heterocycles. The summed E-state index contributed by atoms with van der Waals surface area (Å²) in [5, 5.41) is 8.86. The fourth-order valence-electron chi connectivity index (χ4n) is 3.01. The summed E-state index contributed by atoms with van der Waals surface area (Å²) in [6.07, 6.45) is 3.92. The Hall–Kier alpha value is -3.15. The van der Waals surface area contributed by atoms with Gasteiger partial charge in [0.1, 0.15) is 5.82 Å². The molecule has 0 saturated carbocycles. The first kappa shape index (κ1) is 15.4. The van der Waals surface area contributed by atoms with E-state index in [1.165, 1.54) is 0 Å². The average Bonchev–Trinajstić information content (AvgIpc) is 3.18. The third kappa shape index (κ3) is 2.98. The van der Waals surface area contributed by atoms with Crippen molar-refractivity contribution in [2.45, 2.75) is 13.5 Å². The summed E-state index contributed by atoms with van der Waals surface area (Å²) in [5.74, 6) is 1.00. The van der Waals surface area contributed by atoms with Crippen LogP contribution in [-0.2, 0) is 13.6 Å². The maximum Gasteiger partial charge on any atom is 0.158 e. The molecule has 0 unspecified atom stereocenters. The predicted octanol–water partition coefficient (Wildman–Crippen LogP) is 3.07. The molecule has 0 radical (unpaired) electrons. The van der Waals surface area contributed by atoms with Crippen LogP contribution in [-0.4, -0.2) is 31.4 Å². The molecule has 4 aromatic rings. The molecule has 0 bridgehead atoms. The van der Waals surface area contributed by atoms with Gasteiger partial charge in [0, 0.05) is 50.1 Å². The van der Waals surface area contributed by atoms with Gasteiger partial charge in [-0.05, 0) is 6.92 Å². The van der Waals surface area contributed by atoms with Crippen molar-refractivity contribution in [3.63, 3.8) is 0 Å². The fourth-order valence-corrected chi connectivity index (χ4v) is 3.01. The van der Waals surface area contributed by atoms with Crippen LogP contribution in [0.3, 0.4) is 0 Å². The molecule has 3 heterocycles. The van der Waals surface area contributed by atoms with Crippen molar-refractivity contribution in [2.24, 2.45) is 7.05 Å². The SMILES string of the molecule is Cc1cc2nc(-c3ccccc3)cc(N(C)Cc3cnn(C)c3)n2n1. The summed E-state index contributed by atoms with van der Waals surface area (Å²) >= 11 is 0. The molecule has 0 spiro atoms. The molecule has 0 saturated heterocycles. The maximum absolute atomic E-state index is 4.78. The van der Waals surface area contributed by atoms with Crippen molar-refractivity contribution in [1.82, 2.24) is 24.4 Å². The third-order valence-corrected chi connectivity index (χ3v) is 4.17. The minimum atomic E-state index is 0.750. The Bertz CT molecular complexity index is 1020. The number of anilines is 1. The molecule has 1 aromatic carbocycles. The van der Waals surface area contributed by atoms with Gasteiger partial charge < -0.3 is 4.90 Å². The van der Waals surface area contributed by atoms with Crippen LogP contribution >= 0.6 is 0 Å². The van der Waals surface area contributed by atoms with Gasteiger partial charge in [0.05, 0.1) is 17.6 Å². The van der Waals surface area contributed by atoms with Gasteiger partial charge in [0.15, 0.2) is 5.65 Å². The van der Waals surface area contributed by atoms with Crippen LogP contribution in [0.25, 0.3) is 16.9 Å². The minimum Gasteiger partial charge on any atom is -0.355 e. The van der Waals surface area contributed by atoms with Gasteiger partial charge in [-0.1, -0.05) is 30.3 Å². The highest BCUT2D eigenvalue weighted by Gasteiger charge is 2.13. The van der Waals surface area contributed by atoms with Crippen LogP contribution < -0.4 is 4.90 Å². The first-order valence-electron chi connectivity index (χ1n) is 8.21. The first-order valence-corrected chi connectivity index (χ1v) is 8.21. The molecule has 0 atom stereocenters. The molecule has 6 heteroatoms. The number of rotatable bonds is 4. The van der Waals surface area contributed by atoms with Crippen molar-refractivity contribution in [2.75, 3.05) is 11.9 Å². The van der Waals surface area contributed by atoms with Gasteiger partial charge in [-0.2, -0.15) is 14.7 Å². The van der Waals surface area contributed by atoms with Gasteiger partial charge >= 0.3 is 0 Å². The Kier molecular flexibility index (Phi) is 3.72. The van der Waals surface area contributed by atoms with Crippen molar-refractivity contribution < 1.29 is 0 Å². The molecule has 0 aliphatic heterocycles. The van der Waals surface area contributed by atoms with Crippen LogP contribution in [0, 0.1) is 6.92 Å². The van der Waals surface area contributed by atoms with Crippen LogP contribution in [0.2, 0.25) is 0 Å². The van der Waals surface area contributed by atoms with Gasteiger partial charge in [0.25, 0.3) is 0 Å². The van der Waals surface area contributed by atoms with Crippen LogP contribution in [0.1, 0.15) is 11.3 Å². The fraction of sp³-hybridized carbons (Fsp3) is 0.211. The van der Waals surface area contributed by atoms with E-state index >= 15 is 0 Å². The number of aryl methyl sites for hydroxylation is 2. The highest BCUT2D eigenvalue weighted by molar-refractivity contribution is 5.67. The van der Waals surface area contributed by atoms with Crippen LogP contribution in [0.4, 0.5) is 5.82 Å². The number of aromatic nitrogens is 5. The van der Waals surface area contributed by atoms with E-state index in [9.17, 15) is 0 Å². The number of hydrogen-bond donors (Lipinski definition) is 0. The Morgan fingerprint density at radius 3 is 2.64 bits per heavy atom. The maximum atomic E-state index is 4.78. The summed E-state index contributed by atoms with van der Waals surface area (Å²) < 4.78 is 3.72. The molecule has 0 aliphatic carbocycles. The lowest BCUT2D eigenvalue weighted by atomic mass is 10.1. The normalized spacial score (nSPS) is 11.2. The molecular weight excluding hydrogens is 312 g/mol. The topological polar surface area (TPSA) is 51.2 Å². The molecule has 4 rings (SSSR count). The molecular formula is C19H20N6. The van der Waals surface area contributed by atoms with E-state index in [4.69, 9.17) is 4.98 Å². The van der Waals surface area contributed by atoms with E-state index in [-0.39, 0.29) is 0 Å². The van der Waals surface area contributed by atoms with Crippen molar-refractivity contribution in [3.8, 4) is 11.3 Å². The summed E-state index contributed by atoms with van der Waals surface area (Å²) in [4.78, 5) is 6.95. The third-order valence-electron chi connectivity index (χ3n) is 4.17. The Labute approximate surface area is 146 Å². The molecule has 126 valence electrons. The predicted molar refractivity (Wildman–Crippen MR) is 98.5 cm³/mol. The number of fused-ring (bicyclic) bond motifs is 1. The zero-order valence-electron chi connectivity index (χ0n) is 14.6. The van der Waals surface area contributed by atoms with E-state index in [2.05, 4.69) is 40.3 Å². The zero-order valence-corrected chi connectivity index (χ0v) is 14.6. The number of nitrogens with zero attached hydrogens (tertiary/aromatic N) is 6. The first-order chi connectivity index (χ1) is 12.1. The summed E-state index contributed by atoms with van der Waals surface area (Å²) in [6, 6.07) is 14.3. The van der Waals surface area contributed by atoms with Crippen molar-refractivity contribution >= 4 is 11.5 Å². The number of hydrogen-bond acceptors (Lipinski definition) is 4. The highest BCUT2D eigenvalue weighted by atomic mass is 15.3. The van der Waals surface area contributed by atoms with Gasteiger partial charge in [0.2, 0.25) is 0 Å². The molecule has 0 N–H and O–H groups in total.